The summed E-state index contributed by atoms with van der Waals surface area (Å²) in [5.74, 6) is 0.805. The Morgan fingerprint density at radius 3 is 2.20 bits per heavy atom. The number of guanidine groups is 1. The molecule has 168 valence electrons. The highest BCUT2D eigenvalue weighted by Gasteiger charge is 2.25. The molecule has 3 rings (SSSR count). The molecule has 1 aromatic rings. The SMILES string of the molecule is CCNC(=NCc1ccc(S(=O)(=O)N2CCCCC2)cc1)NCCN1CCCCC1. The van der Waals surface area contributed by atoms with Crippen LogP contribution in [0.25, 0.3) is 0 Å². The maximum Gasteiger partial charge on any atom is 0.243 e. The number of rotatable bonds is 8. The Kier molecular flexibility index (Phi) is 8.96. The van der Waals surface area contributed by atoms with Gasteiger partial charge in [0, 0.05) is 32.7 Å². The van der Waals surface area contributed by atoms with Crippen molar-refractivity contribution in [1.82, 2.24) is 19.8 Å². The number of hydrogen-bond donors (Lipinski definition) is 2. The van der Waals surface area contributed by atoms with E-state index in [1.165, 1.54) is 32.4 Å². The van der Waals surface area contributed by atoms with Gasteiger partial charge in [-0.2, -0.15) is 4.31 Å². The first-order valence-corrected chi connectivity index (χ1v) is 12.9. The normalized spacial score (nSPS) is 19.6. The van der Waals surface area contributed by atoms with Crippen LogP contribution in [0.5, 0.6) is 0 Å². The van der Waals surface area contributed by atoms with E-state index in [1.807, 2.05) is 12.1 Å². The van der Waals surface area contributed by atoms with E-state index in [-0.39, 0.29) is 0 Å². The zero-order chi connectivity index (χ0) is 21.2. The summed E-state index contributed by atoms with van der Waals surface area (Å²) in [6.45, 7) is 8.94. The molecule has 0 aromatic heterocycles. The van der Waals surface area contributed by atoms with Gasteiger partial charge in [0.15, 0.2) is 5.96 Å². The average molecular weight is 436 g/mol. The van der Waals surface area contributed by atoms with Gasteiger partial charge < -0.3 is 15.5 Å². The Morgan fingerprint density at radius 1 is 0.933 bits per heavy atom. The smallest absolute Gasteiger partial charge is 0.243 e. The van der Waals surface area contributed by atoms with E-state index >= 15 is 0 Å². The van der Waals surface area contributed by atoms with Crippen molar-refractivity contribution in [2.75, 3.05) is 45.8 Å². The van der Waals surface area contributed by atoms with Crippen molar-refractivity contribution in [3.63, 3.8) is 0 Å². The minimum absolute atomic E-state index is 0.378. The van der Waals surface area contributed by atoms with Gasteiger partial charge >= 0.3 is 0 Å². The predicted molar refractivity (Wildman–Crippen MR) is 122 cm³/mol. The van der Waals surface area contributed by atoms with Crippen LogP contribution >= 0.6 is 0 Å². The van der Waals surface area contributed by atoms with Crippen LogP contribution in [0.1, 0.15) is 51.0 Å². The zero-order valence-electron chi connectivity index (χ0n) is 18.3. The fourth-order valence-corrected chi connectivity index (χ4v) is 5.57. The highest BCUT2D eigenvalue weighted by molar-refractivity contribution is 7.89. The molecule has 0 amide bonds. The molecule has 2 aliphatic heterocycles. The van der Waals surface area contributed by atoms with Crippen LogP contribution < -0.4 is 10.6 Å². The summed E-state index contributed by atoms with van der Waals surface area (Å²) < 4.78 is 27.2. The second-order valence-electron chi connectivity index (χ2n) is 8.13. The number of hydrogen-bond acceptors (Lipinski definition) is 4. The second-order valence-corrected chi connectivity index (χ2v) is 10.1. The first-order chi connectivity index (χ1) is 14.6. The van der Waals surface area contributed by atoms with Gasteiger partial charge in [-0.1, -0.05) is 25.0 Å². The molecule has 2 fully saturated rings. The third-order valence-electron chi connectivity index (χ3n) is 5.81. The van der Waals surface area contributed by atoms with E-state index in [9.17, 15) is 8.42 Å². The van der Waals surface area contributed by atoms with E-state index in [0.29, 0.717) is 24.5 Å². The fourth-order valence-electron chi connectivity index (χ4n) is 4.05. The molecular weight excluding hydrogens is 398 g/mol. The van der Waals surface area contributed by atoms with Crippen LogP contribution in [-0.4, -0.2) is 69.4 Å². The Morgan fingerprint density at radius 2 is 1.57 bits per heavy atom. The molecule has 0 aliphatic carbocycles. The third kappa shape index (κ3) is 6.68. The van der Waals surface area contributed by atoms with E-state index in [0.717, 1.165) is 50.4 Å². The molecule has 0 bridgehead atoms. The maximum atomic E-state index is 12.8. The van der Waals surface area contributed by atoms with E-state index in [4.69, 9.17) is 0 Å². The molecule has 0 spiro atoms. The Hall–Kier alpha value is -1.64. The molecule has 1 aromatic carbocycles. The Bertz CT molecular complexity index is 767. The lowest BCUT2D eigenvalue weighted by atomic mass is 10.1. The van der Waals surface area contributed by atoms with Crippen molar-refractivity contribution in [3.8, 4) is 0 Å². The summed E-state index contributed by atoms with van der Waals surface area (Å²) in [4.78, 5) is 7.54. The molecule has 0 unspecified atom stereocenters. The Labute approximate surface area is 182 Å². The first kappa shape index (κ1) is 23.0. The van der Waals surface area contributed by atoms with Crippen LogP contribution in [0.2, 0.25) is 0 Å². The van der Waals surface area contributed by atoms with Crippen molar-refractivity contribution in [2.24, 2.45) is 4.99 Å². The molecule has 2 saturated heterocycles. The van der Waals surface area contributed by atoms with Crippen molar-refractivity contribution in [3.05, 3.63) is 29.8 Å². The van der Waals surface area contributed by atoms with Gasteiger partial charge in [0.1, 0.15) is 0 Å². The van der Waals surface area contributed by atoms with Crippen LogP contribution in [0.3, 0.4) is 0 Å². The standard InChI is InChI=1S/C22H37N5O2S/c1-2-23-22(24-13-18-26-14-5-3-6-15-26)25-19-20-9-11-21(12-10-20)30(28,29)27-16-7-4-8-17-27/h9-12H,2-8,13-19H2,1H3,(H2,23,24,25). The molecule has 2 heterocycles. The van der Waals surface area contributed by atoms with Crippen LogP contribution in [0, 0.1) is 0 Å². The number of nitrogens with one attached hydrogen (secondary N) is 2. The topological polar surface area (TPSA) is 77.0 Å². The number of sulfonamides is 1. The average Bonchev–Trinajstić information content (AvgIpc) is 2.79. The molecule has 2 N–H and O–H groups in total. The van der Waals surface area contributed by atoms with Gasteiger partial charge in [0.25, 0.3) is 0 Å². The predicted octanol–water partition coefficient (Wildman–Crippen LogP) is 2.40. The largest absolute Gasteiger partial charge is 0.357 e. The lowest BCUT2D eigenvalue weighted by molar-refractivity contribution is 0.232. The van der Waals surface area contributed by atoms with E-state index < -0.39 is 10.0 Å². The summed E-state index contributed by atoms with van der Waals surface area (Å²) in [5, 5.41) is 6.70. The summed E-state index contributed by atoms with van der Waals surface area (Å²) in [5.41, 5.74) is 1.00. The summed E-state index contributed by atoms with van der Waals surface area (Å²) in [6, 6.07) is 7.17. The molecular formula is C22H37N5O2S. The molecule has 7 nitrogen and oxygen atoms in total. The van der Waals surface area contributed by atoms with Crippen LogP contribution in [0.4, 0.5) is 0 Å². The number of aliphatic imine (C=N–C) groups is 1. The van der Waals surface area contributed by atoms with E-state index in [2.05, 4.69) is 27.4 Å². The molecule has 0 atom stereocenters. The molecule has 0 saturated carbocycles. The summed E-state index contributed by atoms with van der Waals surface area (Å²) in [6.07, 6.45) is 6.97. The Balaban J connectivity index is 1.53. The highest BCUT2D eigenvalue weighted by atomic mass is 32.2. The van der Waals surface area contributed by atoms with Gasteiger partial charge in [-0.25, -0.2) is 13.4 Å². The van der Waals surface area contributed by atoms with Gasteiger partial charge in [-0.3, -0.25) is 0 Å². The van der Waals surface area contributed by atoms with Crippen LogP contribution in [-0.2, 0) is 16.6 Å². The molecule has 8 heteroatoms. The third-order valence-corrected chi connectivity index (χ3v) is 7.72. The van der Waals surface area contributed by atoms with Crippen molar-refractivity contribution in [2.45, 2.75) is 56.9 Å². The highest BCUT2D eigenvalue weighted by Crippen LogP contribution is 2.21. The molecule has 0 radical (unpaired) electrons. The number of likely N-dealkylation sites (tertiary alicyclic amines) is 1. The van der Waals surface area contributed by atoms with E-state index in [1.54, 1.807) is 16.4 Å². The number of piperidine rings is 2. The quantitative estimate of drug-likeness (QED) is 0.484. The molecule has 2 aliphatic rings. The summed E-state index contributed by atoms with van der Waals surface area (Å²) in [7, 11) is -3.37. The fraction of sp³-hybridized carbons (Fsp3) is 0.682. The first-order valence-electron chi connectivity index (χ1n) is 11.4. The second kappa shape index (κ2) is 11.7. The van der Waals surface area contributed by atoms with Gasteiger partial charge in [-0.05, 0) is 63.4 Å². The monoisotopic (exact) mass is 435 g/mol. The molecule has 30 heavy (non-hydrogen) atoms. The number of nitrogens with zero attached hydrogens (tertiary/aromatic N) is 3. The van der Waals surface area contributed by atoms with Crippen LogP contribution in [0.15, 0.2) is 34.2 Å². The van der Waals surface area contributed by atoms with Gasteiger partial charge in [0.2, 0.25) is 10.0 Å². The zero-order valence-corrected chi connectivity index (χ0v) is 19.1. The lowest BCUT2D eigenvalue weighted by Gasteiger charge is -2.26. The summed E-state index contributed by atoms with van der Waals surface area (Å²) >= 11 is 0. The van der Waals surface area contributed by atoms with Gasteiger partial charge in [0.05, 0.1) is 11.4 Å². The van der Waals surface area contributed by atoms with Gasteiger partial charge in [-0.15, -0.1) is 0 Å². The minimum Gasteiger partial charge on any atom is -0.357 e. The minimum atomic E-state index is -3.37. The lowest BCUT2D eigenvalue weighted by Crippen LogP contribution is -2.42. The van der Waals surface area contributed by atoms with Crippen molar-refractivity contribution in [1.29, 1.82) is 0 Å². The van der Waals surface area contributed by atoms with Crippen molar-refractivity contribution < 1.29 is 8.42 Å². The van der Waals surface area contributed by atoms with Crippen molar-refractivity contribution >= 4 is 16.0 Å². The number of benzene rings is 1. The maximum absolute atomic E-state index is 12.8.